The van der Waals surface area contributed by atoms with Crippen LogP contribution in [0.3, 0.4) is 0 Å². The number of thioether (sulfide) groups is 2. The van der Waals surface area contributed by atoms with Crippen molar-refractivity contribution in [3.63, 3.8) is 0 Å². The zero-order chi connectivity index (χ0) is 55.4. The Kier molecular flexibility index (Phi) is 27.4. The van der Waals surface area contributed by atoms with Crippen molar-refractivity contribution in [3.8, 4) is 0 Å². The molecule has 28 nitrogen and oxygen atoms in total. The van der Waals surface area contributed by atoms with Gasteiger partial charge in [0.25, 0.3) is 0 Å². The van der Waals surface area contributed by atoms with Gasteiger partial charge in [0.15, 0.2) is 25.2 Å². The first kappa shape index (κ1) is 65.4. The summed E-state index contributed by atoms with van der Waals surface area (Å²) >= 11 is 2.94. The van der Waals surface area contributed by atoms with Crippen LogP contribution in [0.2, 0.25) is 0 Å². The fourth-order valence-corrected chi connectivity index (χ4v) is 13.5. The lowest BCUT2D eigenvalue weighted by Gasteiger charge is -2.48. The molecule has 0 aromatic heterocycles. The van der Waals surface area contributed by atoms with E-state index in [0.29, 0.717) is 49.4 Å². The molecule has 4 saturated heterocycles. The smallest absolute Gasteiger partial charge is 0.186 e. The molecule has 6 rings (SSSR count). The third kappa shape index (κ3) is 17.4. The highest BCUT2D eigenvalue weighted by Crippen LogP contribution is 2.34. The van der Waals surface area contributed by atoms with Crippen molar-refractivity contribution in [2.75, 3.05) is 74.0 Å². The molecule has 4 aliphatic heterocycles. The maximum absolute atomic E-state index is 11.4. The molecular formula is C44H88N10O18S4. The Morgan fingerprint density at radius 3 is 1.03 bits per heavy atom. The minimum Gasteiger partial charge on any atom is -0.390 e. The fraction of sp³-hybridized carbons (Fsp3) is 1.00. The minimum absolute atomic E-state index is 0.0334. The molecule has 2 aliphatic carbocycles. The number of aliphatic hydroxyl groups excluding tert-OH is 8. The lowest BCUT2D eigenvalue weighted by Crippen LogP contribution is -2.68. The molecule has 6 fully saturated rings. The highest BCUT2D eigenvalue weighted by molar-refractivity contribution is 8.76. The van der Waals surface area contributed by atoms with Gasteiger partial charge < -0.3 is 146 Å². The number of nitrogens with two attached hydrogens (primary N) is 10. The first-order valence-corrected chi connectivity index (χ1v) is 30.7. The van der Waals surface area contributed by atoms with Crippen molar-refractivity contribution in [2.24, 2.45) is 57.3 Å². The van der Waals surface area contributed by atoms with Gasteiger partial charge in [-0.1, -0.05) is 21.6 Å². The van der Waals surface area contributed by atoms with Crippen molar-refractivity contribution >= 4 is 45.1 Å². The summed E-state index contributed by atoms with van der Waals surface area (Å²) in [6.07, 6.45) is -21.1. The quantitative estimate of drug-likeness (QED) is 0.0268. The van der Waals surface area contributed by atoms with Crippen LogP contribution in [0.1, 0.15) is 25.7 Å². The molecular weight excluding hydrogens is 1080 g/mol. The van der Waals surface area contributed by atoms with Crippen molar-refractivity contribution < 1.29 is 88.2 Å². The zero-order valence-electron chi connectivity index (χ0n) is 42.5. The van der Waals surface area contributed by atoms with Gasteiger partial charge >= 0.3 is 0 Å². The van der Waals surface area contributed by atoms with Crippen LogP contribution in [0.15, 0.2) is 0 Å². The van der Waals surface area contributed by atoms with E-state index in [4.69, 9.17) is 105 Å². The van der Waals surface area contributed by atoms with Crippen LogP contribution in [0.5, 0.6) is 0 Å². The maximum Gasteiger partial charge on any atom is 0.186 e. The summed E-state index contributed by atoms with van der Waals surface area (Å²) in [5.41, 5.74) is 61.7. The molecule has 0 aromatic rings. The predicted molar refractivity (Wildman–Crippen MR) is 284 cm³/mol. The van der Waals surface area contributed by atoms with Crippen molar-refractivity contribution in [1.29, 1.82) is 0 Å². The average molecular weight is 1170 g/mol. The molecule has 32 heteroatoms. The Labute approximate surface area is 459 Å². The number of rotatable bonds is 27. The van der Waals surface area contributed by atoms with E-state index in [1.165, 1.54) is 23.5 Å². The van der Waals surface area contributed by atoms with Crippen LogP contribution in [-0.2, 0) is 47.4 Å². The molecule has 28 atom stereocenters. The van der Waals surface area contributed by atoms with Gasteiger partial charge in [0.05, 0.1) is 99.4 Å². The molecule has 4 heterocycles. The van der Waals surface area contributed by atoms with Gasteiger partial charge in [-0.25, -0.2) is 0 Å². The van der Waals surface area contributed by atoms with E-state index in [9.17, 15) is 40.9 Å². The predicted octanol–water partition coefficient (Wildman–Crippen LogP) is -8.68. The largest absolute Gasteiger partial charge is 0.390 e. The van der Waals surface area contributed by atoms with Crippen molar-refractivity contribution in [1.82, 2.24) is 0 Å². The summed E-state index contributed by atoms with van der Waals surface area (Å²) in [6, 6.07) is -6.63. The van der Waals surface area contributed by atoms with Gasteiger partial charge in [-0.3, -0.25) is 0 Å². The first-order valence-electron chi connectivity index (χ1n) is 25.9. The number of hydrogen-bond acceptors (Lipinski definition) is 32. The van der Waals surface area contributed by atoms with Crippen molar-refractivity contribution in [2.45, 2.75) is 197 Å². The average Bonchev–Trinajstić information content (AvgIpc) is 3.39. The minimum atomic E-state index is -1.44. The SMILES string of the molecule is NC[C@H]1O[C@H](O[C@H]2[C@H](O)[C@@H](O[C@H]3O[C@H](CSCCOCCSSCCOCCSC[C@H]4O[C@H](OC5[C@H](N)C[C@H](N)[C@@H](O[C@H]6O[C@H](CN)[C@@H](O)C[C@H]6N)[C@@H]5O)[C@H](O)[C@@H](N)[C@@H]4O)[C@@H](O)[C@H](N)[C@H]3O)[C@H](N)C[C@@H]2N)[C@H](N)C[C@@H]1O. The molecule has 0 aromatic carbocycles. The van der Waals surface area contributed by atoms with Crippen LogP contribution in [0.4, 0.5) is 0 Å². The van der Waals surface area contributed by atoms with E-state index >= 15 is 0 Å². The second-order valence-corrected chi connectivity index (χ2v) is 25.2. The van der Waals surface area contributed by atoms with Crippen LogP contribution in [-0.4, -0.2) is 286 Å². The molecule has 0 spiro atoms. The standard InChI is InChI=1S/C44H88N10O18S4/c45-13-25-23(55)11-21(51)41(65-25)69-37-17(47)9-19(49)39(35(37)61)71-43-33(59)29(53)31(57)27(67-43)15-73-5-1-63-3-7-75-76-8-4-64-2-6-74-16-28-32(58)30(54)34(60)44(68-28)72-40-20(50)10-18(48)38(36(40)62)70-42-22(52)12-24(56)26(14-46)66-42/h17-44,55-62H,1-16,45-54H2/t17-,18-,19+,20+,21+,22+,23-,24-,25+,26+,27+,28+,29-,30-,31+,32+,33+,34+,35-,36-,37+,38+,39-,40?,41+,42+,43+,44+/m0/s1. The lowest BCUT2D eigenvalue weighted by molar-refractivity contribution is -0.309. The highest BCUT2D eigenvalue weighted by atomic mass is 33.1. The molecule has 0 amide bonds. The lowest BCUT2D eigenvalue weighted by atomic mass is 9.84. The Bertz CT molecular complexity index is 1560. The van der Waals surface area contributed by atoms with Crippen LogP contribution in [0.25, 0.3) is 0 Å². The Hall–Kier alpha value is 0.280. The molecule has 28 N–H and O–H groups in total. The Balaban J connectivity index is 0.803. The van der Waals surface area contributed by atoms with E-state index in [1.54, 1.807) is 21.6 Å². The van der Waals surface area contributed by atoms with Crippen LogP contribution >= 0.6 is 45.1 Å². The number of hydrogen-bond donors (Lipinski definition) is 18. The summed E-state index contributed by atoms with van der Waals surface area (Å²) < 4.78 is 59.4. The fourth-order valence-electron chi connectivity index (χ4n) is 9.97. The molecule has 0 radical (unpaired) electrons. The molecule has 76 heavy (non-hydrogen) atoms. The van der Waals surface area contributed by atoms with Crippen molar-refractivity contribution in [3.05, 3.63) is 0 Å². The Morgan fingerprint density at radius 2 is 0.684 bits per heavy atom. The summed E-state index contributed by atoms with van der Waals surface area (Å²) in [5, 5.41) is 86.8. The summed E-state index contributed by atoms with van der Waals surface area (Å²) in [4.78, 5) is 0. The normalized spacial score (nSPS) is 46.5. The topological polar surface area (TPSA) is 514 Å². The van der Waals surface area contributed by atoms with E-state index in [-0.39, 0.29) is 38.8 Å². The van der Waals surface area contributed by atoms with E-state index in [0.717, 1.165) is 11.5 Å². The summed E-state index contributed by atoms with van der Waals surface area (Å²) in [5.74, 6) is 3.30. The van der Waals surface area contributed by atoms with Crippen LogP contribution < -0.4 is 57.3 Å². The van der Waals surface area contributed by atoms with Gasteiger partial charge in [-0.2, -0.15) is 23.5 Å². The van der Waals surface area contributed by atoms with E-state index in [2.05, 4.69) is 0 Å². The van der Waals surface area contributed by atoms with Gasteiger partial charge in [0.1, 0.15) is 48.8 Å². The number of ether oxygens (including phenoxy) is 10. The molecule has 2 saturated carbocycles. The Morgan fingerprint density at radius 1 is 0.368 bits per heavy atom. The van der Waals surface area contributed by atoms with Gasteiger partial charge in [0.2, 0.25) is 0 Å². The van der Waals surface area contributed by atoms with Crippen LogP contribution in [0, 0.1) is 0 Å². The maximum atomic E-state index is 11.4. The third-order valence-electron chi connectivity index (χ3n) is 14.5. The first-order chi connectivity index (χ1) is 36.2. The van der Waals surface area contributed by atoms with E-state index in [1.807, 2.05) is 0 Å². The van der Waals surface area contributed by atoms with E-state index < -0.39 is 171 Å². The second-order valence-electron chi connectivity index (χ2n) is 20.2. The number of aliphatic hydroxyl groups is 8. The molecule has 446 valence electrons. The second kappa shape index (κ2) is 31.8. The highest BCUT2D eigenvalue weighted by Gasteiger charge is 2.52. The summed E-state index contributed by atoms with van der Waals surface area (Å²) in [7, 11) is 3.31. The monoisotopic (exact) mass is 1170 g/mol. The molecule has 1 unspecified atom stereocenters. The van der Waals surface area contributed by atoms with Gasteiger partial charge in [0, 0.05) is 71.8 Å². The van der Waals surface area contributed by atoms with Gasteiger partial charge in [-0.05, 0) is 25.7 Å². The van der Waals surface area contributed by atoms with Gasteiger partial charge in [-0.15, -0.1) is 0 Å². The molecule has 6 aliphatic rings. The third-order valence-corrected chi connectivity index (χ3v) is 18.9. The summed E-state index contributed by atoms with van der Waals surface area (Å²) in [6.45, 7) is 1.99. The zero-order valence-corrected chi connectivity index (χ0v) is 45.8. The molecule has 0 bridgehead atoms.